The number of halogens is 4. The minimum Gasteiger partial charge on any atom is -0.506 e. The van der Waals surface area contributed by atoms with E-state index < -0.39 is 44.8 Å². The van der Waals surface area contributed by atoms with Crippen molar-refractivity contribution in [1.82, 2.24) is 0 Å². The number of aliphatic imine (C=N–C) groups is 1. The van der Waals surface area contributed by atoms with E-state index in [0.717, 1.165) is 19.1 Å². The third-order valence-electron chi connectivity index (χ3n) is 3.06. The highest BCUT2D eigenvalue weighted by atomic mass is 79.9. The van der Waals surface area contributed by atoms with Crippen LogP contribution in [0.4, 0.5) is 13.2 Å². The van der Waals surface area contributed by atoms with E-state index in [9.17, 15) is 23.1 Å². The summed E-state index contributed by atoms with van der Waals surface area (Å²) in [5, 5.41) is 10.1. The number of carbonyl (C=O) groups is 1. The van der Waals surface area contributed by atoms with Crippen molar-refractivity contribution in [3.8, 4) is 0 Å². The average molecular weight is 392 g/mol. The van der Waals surface area contributed by atoms with Crippen LogP contribution in [-0.4, -0.2) is 29.9 Å². The van der Waals surface area contributed by atoms with E-state index in [4.69, 9.17) is 4.74 Å². The summed E-state index contributed by atoms with van der Waals surface area (Å²) in [6.07, 6.45) is 2.65. The number of hydrogen-bond donors (Lipinski definition) is 1. The Hall–Kier alpha value is -1.83. The first-order valence-corrected chi connectivity index (χ1v) is 7.63. The summed E-state index contributed by atoms with van der Waals surface area (Å²) in [6.45, 7) is 1.53. The summed E-state index contributed by atoms with van der Waals surface area (Å²) < 4.78 is 45.8. The fourth-order valence-corrected chi connectivity index (χ4v) is 2.12. The Labute approximate surface area is 138 Å². The summed E-state index contributed by atoms with van der Waals surface area (Å²) >= 11 is 2.66. The largest absolute Gasteiger partial charge is 0.506 e. The molecule has 8 heteroatoms. The van der Waals surface area contributed by atoms with Gasteiger partial charge in [0.15, 0.2) is 11.6 Å². The molecule has 0 aliphatic heterocycles. The third kappa shape index (κ3) is 3.93. The van der Waals surface area contributed by atoms with E-state index in [-0.39, 0.29) is 12.6 Å². The van der Waals surface area contributed by atoms with Gasteiger partial charge in [0.25, 0.3) is 0 Å². The molecule has 4 nitrogen and oxygen atoms in total. The number of aliphatic hydroxyl groups excluding tert-OH is 1. The van der Waals surface area contributed by atoms with Crippen LogP contribution in [0.15, 0.2) is 21.1 Å². The van der Waals surface area contributed by atoms with Crippen LogP contribution >= 0.6 is 15.9 Å². The molecule has 1 saturated carbocycles. The molecule has 0 heterocycles. The van der Waals surface area contributed by atoms with Gasteiger partial charge in [-0.05, 0) is 41.8 Å². The van der Waals surface area contributed by atoms with Gasteiger partial charge in [-0.15, -0.1) is 0 Å². The molecule has 1 N–H and O–H groups in total. The number of carbonyl (C=O) groups excluding carboxylic acids is 1. The molecule has 1 aliphatic carbocycles. The van der Waals surface area contributed by atoms with Gasteiger partial charge in [-0.2, -0.15) is 0 Å². The molecule has 124 valence electrons. The van der Waals surface area contributed by atoms with Crippen LogP contribution in [0.25, 0.3) is 5.76 Å². The maximum Gasteiger partial charge on any atom is 0.343 e. The number of hydrogen-bond acceptors (Lipinski definition) is 4. The van der Waals surface area contributed by atoms with Gasteiger partial charge in [0, 0.05) is 6.21 Å². The lowest BCUT2D eigenvalue weighted by Crippen LogP contribution is -2.13. The molecule has 2 rings (SSSR count). The lowest BCUT2D eigenvalue weighted by atomic mass is 10.1. The van der Waals surface area contributed by atoms with Crippen molar-refractivity contribution >= 4 is 33.9 Å². The van der Waals surface area contributed by atoms with Gasteiger partial charge in [0.05, 0.1) is 22.7 Å². The Morgan fingerprint density at radius 3 is 2.65 bits per heavy atom. The predicted octanol–water partition coefficient (Wildman–Crippen LogP) is 3.93. The second kappa shape index (κ2) is 7.16. The van der Waals surface area contributed by atoms with Gasteiger partial charge >= 0.3 is 5.97 Å². The van der Waals surface area contributed by atoms with Crippen LogP contribution in [0.3, 0.4) is 0 Å². The summed E-state index contributed by atoms with van der Waals surface area (Å²) in [5.41, 5.74) is -1.57. The Kier molecular flexibility index (Phi) is 5.46. The van der Waals surface area contributed by atoms with Crippen LogP contribution in [0, 0.1) is 17.5 Å². The van der Waals surface area contributed by atoms with Crippen LogP contribution in [0.1, 0.15) is 25.3 Å². The molecular formula is C15H13BrF3NO3. The Bertz CT molecular complexity index is 700. The summed E-state index contributed by atoms with van der Waals surface area (Å²) in [4.78, 5) is 15.9. The minimum atomic E-state index is -1.61. The van der Waals surface area contributed by atoms with Crippen LogP contribution in [-0.2, 0) is 9.53 Å². The normalized spacial score (nSPS) is 15.7. The SMILES string of the molecule is CCOC(=O)/C(C=NC1CC1)=C(\O)c1c(F)cc(Br)c(F)c1F. The first kappa shape index (κ1) is 17.5. The molecule has 1 aliphatic rings. The van der Waals surface area contributed by atoms with E-state index >= 15 is 0 Å². The maximum absolute atomic E-state index is 14.0. The smallest absolute Gasteiger partial charge is 0.343 e. The number of ether oxygens (including phenoxy) is 1. The molecule has 0 aromatic heterocycles. The van der Waals surface area contributed by atoms with Crippen molar-refractivity contribution < 1.29 is 27.8 Å². The van der Waals surface area contributed by atoms with Crippen molar-refractivity contribution in [2.45, 2.75) is 25.8 Å². The molecule has 1 aromatic carbocycles. The van der Waals surface area contributed by atoms with Crippen molar-refractivity contribution in [3.63, 3.8) is 0 Å². The topological polar surface area (TPSA) is 58.9 Å². The number of rotatable bonds is 5. The number of benzene rings is 1. The molecule has 1 aromatic rings. The lowest BCUT2D eigenvalue weighted by molar-refractivity contribution is -0.137. The number of esters is 1. The quantitative estimate of drug-likeness (QED) is 0.206. The fourth-order valence-electron chi connectivity index (χ4n) is 1.74. The average Bonchev–Trinajstić information content (AvgIpc) is 3.29. The predicted molar refractivity (Wildman–Crippen MR) is 81.7 cm³/mol. The summed E-state index contributed by atoms with van der Waals surface area (Å²) in [7, 11) is 0. The molecule has 0 saturated heterocycles. The highest BCUT2D eigenvalue weighted by Gasteiger charge is 2.26. The Balaban J connectivity index is 2.57. The van der Waals surface area contributed by atoms with E-state index in [1.165, 1.54) is 6.92 Å². The van der Waals surface area contributed by atoms with Crippen LogP contribution in [0.5, 0.6) is 0 Å². The van der Waals surface area contributed by atoms with Gasteiger partial charge in [-0.3, -0.25) is 4.99 Å². The van der Waals surface area contributed by atoms with Gasteiger partial charge in [-0.1, -0.05) is 0 Å². The van der Waals surface area contributed by atoms with E-state index in [1.807, 2.05) is 0 Å². The molecule has 0 bridgehead atoms. The lowest BCUT2D eigenvalue weighted by Gasteiger charge is -2.10. The molecule has 23 heavy (non-hydrogen) atoms. The zero-order valence-electron chi connectivity index (χ0n) is 12.1. The second-order valence-electron chi connectivity index (χ2n) is 4.84. The van der Waals surface area contributed by atoms with Gasteiger partial charge < -0.3 is 9.84 Å². The zero-order valence-corrected chi connectivity index (χ0v) is 13.7. The van der Waals surface area contributed by atoms with Crippen molar-refractivity contribution in [3.05, 3.63) is 39.1 Å². The monoisotopic (exact) mass is 391 g/mol. The van der Waals surface area contributed by atoms with Crippen LogP contribution in [0.2, 0.25) is 0 Å². The molecule has 1 fully saturated rings. The van der Waals surface area contributed by atoms with Crippen LogP contribution < -0.4 is 0 Å². The maximum atomic E-state index is 14.0. The molecule has 0 spiro atoms. The van der Waals surface area contributed by atoms with E-state index in [2.05, 4.69) is 20.9 Å². The Morgan fingerprint density at radius 1 is 1.43 bits per heavy atom. The summed E-state index contributed by atoms with van der Waals surface area (Å²) in [5.74, 6) is -6.29. The van der Waals surface area contributed by atoms with E-state index in [0.29, 0.717) is 6.07 Å². The van der Waals surface area contributed by atoms with Crippen molar-refractivity contribution in [1.29, 1.82) is 0 Å². The van der Waals surface area contributed by atoms with Gasteiger partial charge in [0.1, 0.15) is 17.1 Å². The van der Waals surface area contributed by atoms with Crippen molar-refractivity contribution in [2.24, 2.45) is 4.99 Å². The second-order valence-corrected chi connectivity index (χ2v) is 5.69. The molecular weight excluding hydrogens is 379 g/mol. The van der Waals surface area contributed by atoms with Gasteiger partial charge in [-0.25, -0.2) is 18.0 Å². The first-order valence-electron chi connectivity index (χ1n) is 6.83. The zero-order chi connectivity index (χ0) is 17.1. The number of aliphatic hydroxyl groups is 1. The highest BCUT2D eigenvalue weighted by Crippen LogP contribution is 2.30. The first-order chi connectivity index (χ1) is 10.9. The fraction of sp³-hybridized carbons (Fsp3) is 0.333. The molecule has 0 radical (unpaired) electrons. The molecule has 0 amide bonds. The number of nitrogens with zero attached hydrogens (tertiary/aromatic N) is 1. The summed E-state index contributed by atoms with van der Waals surface area (Å²) in [6, 6.07) is 0.661. The standard InChI is InChI=1S/C15H13BrF3NO3/c1-2-23-15(22)8(6-20-7-3-4-7)14(21)11-10(17)5-9(16)12(18)13(11)19/h5-7,21H,2-4H2,1H3/b14-8-,20-6?. The van der Waals surface area contributed by atoms with Gasteiger partial charge in [0.2, 0.25) is 0 Å². The third-order valence-corrected chi connectivity index (χ3v) is 3.64. The molecule has 0 unspecified atom stereocenters. The Morgan fingerprint density at radius 2 is 2.09 bits per heavy atom. The van der Waals surface area contributed by atoms with E-state index in [1.54, 1.807) is 0 Å². The molecule has 0 atom stereocenters. The minimum absolute atomic E-state index is 0.00331. The van der Waals surface area contributed by atoms with Crippen molar-refractivity contribution in [2.75, 3.05) is 6.61 Å². The highest BCUT2D eigenvalue weighted by molar-refractivity contribution is 9.10.